The Morgan fingerprint density at radius 1 is 1.38 bits per heavy atom. The van der Waals surface area contributed by atoms with Crippen LogP contribution in [0.4, 0.5) is 0 Å². The monoisotopic (exact) mass is 128 g/mol. The molecular formula is C7H12S. The van der Waals surface area contributed by atoms with Gasteiger partial charge in [0.25, 0.3) is 0 Å². The van der Waals surface area contributed by atoms with Crippen molar-refractivity contribution in [3.63, 3.8) is 0 Å². The third-order valence-electron chi connectivity index (χ3n) is 0.900. The summed E-state index contributed by atoms with van der Waals surface area (Å²) in [6, 6.07) is 0. The molecule has 0 radical (unpaired) electrons. The average Bonchev–Trinajstić information content (AvgIpc) is 1.67. The highest BCUT2D eigenvalue weighted by atomic mass is 32.1. The maximum atomic E-state index is 4.78. The van der Waals surface area contributed by atoms with Crippen molar-refractivity contribution in [2.45, 2.75) is 20.8 Å². The molecule has 0 aromatic heterocycles. The SMILES string of the molecule is CC=CC(C)(C)C=S. The Morgan fingerprint density at radius 3 is 2.00 bits per heavy atom. The maximum Gasteiger partial charge on any atom is 0.0109 e. The molecule has 0 aliphatic heterocycles. The molecule has 0 aliphatic rings. The summed E-state index contributed by atoms with van der Waals surface area (Å²) in [5, 5.41) is 1.77. The Hall–Kier alpha value is -0.170. The van der Waals surface area contributed by atoms with E-state index in [0.29, 0.717) is 0 Å². The van der Waals surface area contributed by atoms with Crippen LogP contribution >= 0.6 is 12.2 Å². The molecule has 0 heterocycles. The molecule has 0 amide bonds. The molecule has 0 saturated heterocycles. The predicted octanol–water partition coefficient (Wildman–Crippen LogP) is 2.59. The van der Waals surface area contributed by atoms with E-state index in [-0.39, 0.29) is 5.41 Å². The first-order valence-electron chi connectivity index (χ1n) is 2.72. The van der Waals surface area contributed by atoms with E-state index in [4.69, 9.17) is 12.2 Å². The Bertz CT molecular complexity index is 101. The zero-order chi connectivity index (χ0) is 6.62. The van der Waals surface area contributed by atoms with Gasteiger partial charge in [-0.05, 0) is 12.3 Å². The van der Waals surface area contributed by atoms with E-state index in [1.807, 2.05) is 13.0 Å². The summed E-state index contributed by atoms with van der Waals surface area (Å²) in [4.78, 5) is 0. The molecule has 0 rings (SSSR count). The van der Waals surface area contributed by atoms with Gasteiger partial charge in [0.2, 0.25) is 0 Å². The van der Waals surface area contributed by atoms with Crippen LogP contribution in [0.5, 0.6) is 0 Å². The minimum Gasteiger partial charge on any atom is -0.0925 e. The minimum absolute atomic E-state index is 0.101. The number of allylic oxidation sites excluding steroid dienone is 2. The lowest BCUT2D eigenvalue weighted by atomic mass is 9.96. The van der Waals surface area contributed by atoms with Crippen LogP contribution < -0.4 is 0 Å². The van der Waals surface area contributed by atoms with E-state index < -0.39 is 0 Å². The third kappa shape index (κ3) is 2.92. The van der Waals surface area contributed by atoms with Crippen molar-refractivity contribution in [2.75, 3.05) is 0 Å². The zero-order valence-corrected chi connectivity index (χ0v) is 6.46. The summed E-state index contributed by atoms with van der Waals surface area (Å²) >= 11 is 4.78. The molecule has 1 heteroatoms. The Labute approximate surface area is 56.6 Å². The van der Waals surface area contributed by atoms with Crippen LogP contribution in [0.25, 0.3) is 0 Å². The van der Waals surface area contributed by atoms with E-state index >= 15 is 0 Å². The molecule has 0 atom stereocenters. The van der Waals surface area contributed by atoms with Crippen LogP contribution in [-0.4, -0.2) is 5.37 Å². The summed E-state index contributed by atoms with van der Waals surface area (Å²) in [5.41, 5.74) is 0.101. The lowest BCUT2D eigenvalue weighted by molar-refractivity contribution is 0.702. The molecule has 0 aliphatic carbocycles. The predicted molar refractivity (Wildman–Crippen MR) is 42.3 cm³/mol. The second kappa shape index (κ2) is 2.98. The van der Waals surface area contributed by atoms with Gasteiger partial charge in [-0.3, -0.25) is 0 Å². The molecule has 0 aromatic carbocycles. The van der Waals surface area contributed by atoms with Crippen LogP contribution in [-0.2, 0) is 0 Å². The fraction of sp³-hybridized carbons (Fsp3) is 0.571. The maximum absolute atomic E-state index is 4.78. The summed E-state index contributed by atoms with van der Waals surface area (Å²) in [7, 11) is 0. The molecule has 8 heavy (non-hydrogen) atoms. The normalized spacial score (nSPS) is 12.4. The fourth-order valence-corrected chi connectivity index (χ4v) is 0.547. The molecule has 0 nitrogen and oxygen atoms in total. The van der Waals surface area contributed by atoms with Crippen LogP contribution in [0.15, 0.2) is 12.2 Å². The first kappa shape index (κ1) is 7.83. The summed E-state index contributed by atoms with van der Waals surface area (Å²) < 4.78 is 0. The third-order valence-corrected chi connectivity index (χ3v) is 1.51. The minimum atomic E-state index is 0.101. The van der Waals surface area contributed by atoms with Crippen LogP contribution in [0.1, 0.15) is 20.8 Å². The molecular weight excluding hydrogens is 116 g/mol. The van der Waals surface area contributed by atoms with E-state index in [9.17, 15) is 0 Å². The van der Waals surface area contributed by atoms with Gasteiger partial charge >= 0.3 is 0 Å². The molecule has 0 spiro atoms. The average molecular weight is 128 g/mol. The summed E-state index contributed by atoms with van der Waals surface area (Å²) in [6.45, 7) is 6.17. The largest absolute Gasteiger partial charge is 0.0925 e. The number of hydrogen-bond donors (Lipinski definition) is 0. The van der Waals surface area contributed by atoms with Gasteiger partial charge in [0.15, 0.2) is 0 Å². The first-order chi connectivity index (χ1) is 3.62. The van der Waals surface area contributed by atoms with E-state index in [1.165, 1.54) is 0 Å². The fourth-order valence-electron chi connectivity index (χ4n) is 0.469. The standard InChI is InChI=1S/C7H12S/c1-4-5-7(2,3)6-8/h4-6H,1-3H3. The van der Waals surface area contributed by atoms with E-state index in [0.717, 1.165) is 0 Å². The molecule has 0 saturated carbocycles. The highest BCUT2D eigenvalue weighted by molar-refractivity contribution is 7.79. The second-order valence-corrected chi connectivity index (χ2v) is 2.67. The lowest BCUT2D eigenvalue weighted by Gasteiger charge is -2.10. The Kier molecular flexibility index (Phi) is 2.91. The molecule has 46 valence electrons. The molecule has 0 fully saturated rings. The number of thiocarbonyl (C=S) groups is 1. The summed E-state index contributed by atoms with van der Waals surface area (Å²) in [6.07, 6.45) is 4.10. The number of hydrogen-bond acceptors (Lipinski definition) is 1. The quantitative estimate of drug-likeness (QED) is 0.407. The highest BCUT2D eigenvalue weighted by Crippen LogP contribution is 2.12. The van der Waals surface area contributed by atoms with Gasteiger partial charge in [-0.25, -0.2) is 0 Å². The highest BCUT2D eigenvalue weighted by Gasteiger charge is 2.06. The summed E-state index contributed by atoms with van der Waals surface area (Å²) in [5.74, 6) is 0. The van der Waals surface area contributed by atoms with Crippen molar-refractivity contribution in [3.8, 4) is 0 Å². The Morgan fingerprint density at radius 2 is 1.88 bits per heavy atom. The lowest BCUT2D eigenvalue weighted by Crippen LogP contribution is -2.05. The molecule has 0 N–H and O–H groups in total. The van der Waals surface area contributed by atoms with Gasteiger partial charge in [0.05, 0.1) is 0 Å². The molecule has 0 unspecified atom stereocenters. The van der Waals surface area contributed by atoms with Crippen LogP contribution in [0, 0.1) is 5.41 Å². The van der Waals surface area contributed by atoms with Crippen molar-refractivity contribution in [3.05, 3.63) is 12.2 Å². The van der Waals surface area contributed by atoms with Crippen molar-refractivity contribution >= 4 is 17.6 Å². The van der Waals surface area contributed by atoms with Crippen molar-refractivity contribution in [1.82, 2.24) is 0 Å². The van der Waals surface area contributed by atoms with Crippen LogP contribution in [0.3, 0.4) is 0 Å². The van der Waals surface area contributed by atoms with Crippen molar-refractivity contribution < 1.29 is 0 Å². The van der Waals surface area contributed by atoms with E-state index in [1.54, 1.807) is 5.37 Å². The molecule has 0 aromatic rings. The topological polar surface area (TPSA) is 0 Å². The number of rotatable bonds is 2. The van der Waals surface area contributed by atoms with E-state index in [2.05, 4.69) is 19.9 Å². The first-order valence-corrected chi connectivity index (χ1v) is 3.20. The van der Waals surface area contributed by atoms with Crippen molar-refractivity contribution in [1.29, 1.82) is 0 Å². The smallest absolute Gasteiger partial charge is 0.0109 e. The second-order valence-electron chi connectivity index (χ2n) is 2.44. The Balaban J connectivity index is 3.90. The van der Waals surface area contributed by atoms with Gasteiger partial charge in [0, 0.05) is 5.41 Å². The van der Waals surface area contributed by atoms with Gasteiger partial charge in [-0.1, -0.05) is 38.2 Å². The van der Waals surface area contributed by atoms with Gasteiger partial charge in [-0.15, -0.1) is 0 Å². The van der Waals surface area contributed by atoms with Gasteiger partial charge < -0.3 is 0 Å². The van der Waals surface area contributed by atoms with Crippen molar-refractivity contribution in [2.24, 2.45) is 5.41 Å². The zero-order valence-electron chi connectivity index (χ0n) is 5.64. The molecule has 0 bridgehead atoms. The van der Waals surface area contributed by atoms with Crippen LogP contribution in [0.2, 0.25) is 0 Å². The van der Waals surface area contributed by atoms with Gasteiger partial charge in [-0.2, -0.15) is 0 Å². The van der Waals surface area contributed by atoms with Gasteiger partial charge in [0.1, 0.15) is 0 Å².